The molecule has 118 valence electrons. The quantitative estimate of drug-likeness (QED) is 0.531. The van der Waals surface area contributed by atoms with Crippen molar-refractivity contribution in [2.75, 3.05) is 6.61 Å². The average molecular weight is 311 g/mol. The zero-order chi connectivity index (χ0) is 16.1. The van der Waals surface area contributed by atoms with Gasteiger partial charge in [-0.2, -0.15) is 0 Å². The number of oxime groups is 1. The molecular weight excluding hydrogens is 294 g/mol. The summed E-state index contributed by atoms with van der Waals surface area (Å²) in [5.41, 5.74) is 2.15. The van der Waals surface area contributed by atoms with E-state index in [0.29, 0.717) is 41.7 Å². The van der Waals surface area contributed by atoms with Gasteiger partial charge in [0.1, 0.15) is 13.2 Å². The second-order valence-corrected chi connectivity index (χ2v) is 5.03. The predicted molar refractivity (Wildman–Crippen MR) is 86.5 cm³/mol. The summed E-state index contributed by atoms with van der Waals surface area (Å²) >= 11 is 0. The Morgan fingerprint density at radius 2 is 2.00 bits per heavy atom. The molecule has 0 unspecified atom stereocenters. The molecule has 0 radical (unpaired) electrons. The van der Waals surface area contributed by atoms with E-state index in [4.69, 9.17) is 19.4 Å². The normalized spacial score (nSPS) is 13.5. The van der Waals surface area contributed by atoms with Gasteiger partial charge < -0.3 is 19.4 Å². The number of ether oxygens (including phenoxy) is 3. The highest BCUT2D eigenvalue weighted by Gasteiger charge is 2.20. The molecule has 1 heterocycles. The summed E-state index contributed by atoms with van der Waals surface area (Å²) in [4.78, 5) is 0. The third kappa shape index (κ3) is 3.29. The second-order valence-electron chi connectivity index (χ2n) is 5.03. The van der Waals surface area contributed by atoms with Crippen LogP contribution in [0.25, 0.3) is 0 Å². The summed E-state index contributed by atoms with van der Waals surface area (Å²) < 4.78 is 17.2. The molecule has 0 atom stereocenters. The summed E-state index contributed by atoms with van der Waals surface area (Å²) in [5, 5.41) is 12.3. The molecule has 1 aliphatic heterocycles. The van der Waals surface area contributed by atoms with Crippen molar-refractivity contribution in [2.24, 2.45) is 5.16 Å². The first-order chi connectivity index (χ1) is 11.3. The van der Waals surface area contributed by atoms with Crippen LogP contribution in [-0.2, 0) is 6.61 Å². The average Bonchev–Trinajstić information content (AvgIpc) is 2.86. The SMILES string of the molecule is CC(=NO)c1ccc(OCc2ccccc2)c2c1OC=CCO2. The van der Waals surface area contributed by atoms with Gasteiger partial charge in [-0.05, 0) is 30.7 Å². The van der Waals surface area contributed by atoms with E-state index in [0.717, 1.165) is 5.56 Å². The lowest BCUT2D eigenvalue weighted by Gasteiger charge is -2.16. The van der Waals surface area contributed by atoms with Gasteiger partial charge in [-0.15, -0.1) is 0 Å². The lowest BCUT2D eigenvalue weighted by molar-refractivity contribution is 0.272. The molecule has 2 aromatic carbocycles. The van der Waals surface area contributed by atoms with Crippen LogP contribution in [0, 0.1) is 0 Å². The van der Waals surface area contributed by atoms with Crippen LogP contribution in [0.3, 0.4) is 0 Å². The molecule has 0 saturated heterocycles. The van der Waals surface area contributed by atoms with Crippen LogP contribution < -0.4 is 14.2 Å². The summed E-state index contributed by atoms with van der Waals surface area (Å²) in [5.74, 6) is 1.58. The standard InChI is InChI=1S/C18H17NO4/c1-13(19-20)15-8-9-16(18-17(15)21-10-5-11-22-18)23-12-14-6-3-2-4-7-14/h2-10,20H,11-12H2,1H3. The molecule has 23 heavy (non-hydrogen) atoms. The van der Waals surface area contributed by atoms with Crippen LogP contribution in [0.5, 0.6) is 17.2 Å². The van der Waals surface area contributed by atoms with Gasteiger partial charge in [0.05, 0.1) is 12.0 Å². The van der Waals surface area contributed by atoms with E-state index < -0.39 is 0 Å². The molecular formula is C18H17NO4. The smallest absolute Gasteiger partial charge is 0.205 e. The number of rotatable bonds is 4. The molecule has 0 aliphatic carbocycles. The van der Waals surface area contributed by atoms with E-state index in [-0.39, 0.29) is 0 Å². The number of nitrogens with zero attached hydrogens (tertiary/aromatic N) is 1. The maximum Gasteiger partial charge on any atom is 0.205 e. The van der Waals surface area contributed by atoms with Crippen molar-refractivity contribution in [1.82, 2.24) is 0 Å². The summed E-state index contributed by atoms with van der Waals surface area (Å²) in [7, 11) is 0. The van der Waals surface area contributed by atoms with Crippen LogP contribution in [0.4, 0.5) is 0 Å². The lowest BCUT2D eigenvalue weighted by Crippen LogP contribution is -2.04. The fraction of sp³-hybridized carbons (Fsp3) is 0.167. The minimum atomic E-state index is 0.382. The highest BCUT2D eigenvalue weighted by molar-refractivity contribution is 6.01. The molecule has 1 N–H and O–H groups in total. The van der Waals surface area contributed by atoms with Crippen molar-refractivity contribution < 1.29 is 19.4 Å². The summed E-state index contributed by atoms with van der Waals surface area (Å²) in [6, 6.07) is 13.5. The van der Waals surface area contributed by atoms with Crippen molar-refractivity contribution in [3.8, 4) is 17.2 Å². The molecule has 1 aliphatic rings. The van der Waals surface area contributed by atoms with Crippen LogP contribution in [0.15, 0.2) is 60.0 Å². The number of hydrogen-bond donors (Lipinski definition) is 1. The van der Waals surface area contributed by atoms with Gasteiger partial charge in [-0.25, -0.2) is 0 Å². The Balaban J connectivity index is 1.92. The molecule has 0 bridgehead atoms. The number of fused-ring (bicyclic) bond motifs is 1. The van der Waals surface area contributed by atoms with E-state index >= 15 is 0 Å². The van der Waals surface area contributed by atoms with E-state index in [2.05, 4.69) is 5.16 Å². The third-order valence-electron chi connectivity index (χ3n) is 3.46. The Kier molecular flexibility index (Phi) is 4.47. The van der Waals surface area contributed by atoms with Gasteiger partial charge in [-0.1, -0.05) is 35.5 Å². The van der Waals surface area contributed by atoms with E-state index in [1.807, 2.05) is 30.3 Å². The van der Waals surface area contributed by atoms with E-state index in [1.54, 1.807) is 31.4 Å². The van der Waals surface area contributed by atoms with Crippen molar-refractivity contribution in [2.45, 2.75) is 13.5 Å². The van der Waals surface area contributed by atoms with Crippen LogP contribution in [0.2, 0.25) is 0 Å². The zero-order valence-electron chi connectivity index (χ0n) is 12.7. The summed E-state index contributed by atoms with van der Waals surface area (Å²) in [6.07, 6.45) is 3.32. The summed E-state index contributed by atoms with van der Waals surface area (Å²) in [6.45, 7) is 2.50. The highest BCUT2D eigenvalue weighted by atomic mass is 16.5. The molecule has 5 heteroatoms. The topological polar surface area (TPSA) is 60.3 Å². The van der Waals surface area contributed by atoms with Crippen molar-refractivity contribution in [3.63, 3.8) is 0 Å². The predicted octanol–water partition coefficient (Wildman–Crippen LogP) is 3.75. The maximum atomic E-state index is 9.02. The van der Waals surface area contributed by atoms with Crippen LogP contribution in [-0.4, -0.2) is 17.5 Å². The van der Waals surface area contributed by atoms with Gasteiger partial charge in [-0.3, -0.25) is 0 Å². The van der Waals surface area contributed by atoms with Crippen molar-refractivity contribution >= 4 is 5.71 Å². The van der Waals surface area contributed by atoms with Crippen LogP contribution in [0.1, 0.15) is 18.1 Å². The van der Waals surface area contributed by atoms with Gasteiger partial charge in [0.2, 0.25) is 5.75 Å². The van der Waals surface area contributed by atoms with Crippen molar-refractivity contribution in [3.05, 3.63) is 65.9 Å². The lowest BCUT2D eigenvalue weighted by atomic mass is 10.1. The highest BCUT2D eigenvalue weighted by Crippen LogP contribution is 2.42. The van der Waals surface area contributed by atoms with Crippen LogP contribution >= 0.6 is 0 Å². The molecule has 0 fully saturated rings. The third-order valence-corrected chi connectivity index (χ3v) is 3.46. The molecule has 2 aromatic rings. The number of hydrogen-bond acceptors (Lipinski definition) is 5. The Morgan fingerprint density at radius 1 is 1.17 bits per heavy atom. The Hall–Kier alpha value is -2.95. The first-order valence-corrected chi connectivity index (χ1v) is 7.27. The molecule has 5 nitrogen and oxygen atoms in total. The molecule has 0 amide bonds. The molecule has 0 spiro atoms. The Morgan fingerprint density at radius 3 is 2.78 bits per heavy atom. The largest absolute Gasteiger partial charge is 0.485 e. The minimum absolute atomic E-state index is 0.382. The molecule has 0 saturated carbocycles. The minimum Gasteiger partial charge on any atom is -0.485 e. The first kappa shape index (κ1) is 15.0. The van der Waals surface area contributed by atoms with E-state index in [1.165, 1.54) is 0 Å². The molecule has 3 rings (SSSR count). The fourth-order valence-electron chi connectivity index (χ4n) is 2.27. The van der Waals surface area contributed by atoms with Gasteiger partial charge in [0, 0.05) is 5.56 Å². The maximum absolute atomic E-state index is 9.02. The Bertz CT molecular complexity index is 738. The van der Waals surface area contributed by atoms with Gasteiger partial charge in [0.15, 0.2) is 11.5 Å². The fourth-order valence-corrected chi connectivity index (χ4v) is 2.27. The van der Waals surface area contributed by atoms with E-state index in [9.17, 15) is 0 Å². The first-order valence-electron chi connectivity index (χ1n) is 7.27. The van der Waals surface area contributed by atoms with Gasteiger partial charge in [0.25, 0.3) is 0 Å². The monoisotopic (exact) mass is 311 g/mol. The van der Waals surface area contributed by atoms with Crippen molar-refractivity contribution in [1.29, 1.82) is 0 Å². The Labute approximate surface area is 134 Å². The second kappa shape index (κ2) is 6.87. The zero-order valence-corrected chi connectivity index (χ0v) is 12.7. The number of benzene rings is 2. The molecule has 0 aromatic heterocycles. The van der Waals surface area contributed by atoms with Gasteiger partial charge >= 0.3 is 0 Å².